The third-order valence-electron chi connectivity index (χ3n) is 5.88. The van der Waals surface area contributed by atoms with Crippen molar-refractivity contribution >= 4 is 17.2 Å². The highest BCUT2D eigenvalue weighted by Gasteiger charge is 2.36. The van der Waals surface area contributed by atoms with E-state index in [1.807, 2.05) is 17.0 Å². The molecule has 0 radical (unpaired) electrons. The molecule has 7 heteroatoms. The maximum Gasteiger partial charge on any atom is 0.263 e. The van der Waals surface area contributed by atoms with Gasteiger partial charge in [-0.1, -0.05) is 0 Å². The fourth-order valence-corrected chi connectivity index (χ4v) is 5.29. The van der Waals surface area contributed by atoms with Crippen molar-refractivity contribution in [3.05, 3.63) is 21.9 Å². The SMILES string of the molecule is COCc1ccc(C(=O)N2CC[C@H](N3CCN(C)CC3)[C@H](CCCO)C2)s1. The molecule has 3 heterocycles. The van der Waals surface area contributed by atoms with E-state index in [9.17, 15) is 9.90 Å². The molecule has 152 valence electrons. The maximum atomic E-state index is 13.0. The minimum Gasteiger partial charge on any atom is -0.396 e. The molecule has 27 heavy (non-hydrogen) atoms. The van der Waals surface area contributed by atoms with Crippen molar-refractivity contribution < 1.29 is 14.6 Å². The smallest absolute Gasteiger partial charge is 0.263 e. The van der Waals surface area contributed by atoms with Crippen molar-refractivity contribution in [3.8, 4) is 0 Å². The summed E-state index contributed by atoms with van der Waals surface area (Å²) in [5, 5.41) is 9.32. The number of nitrogens with zero attached hydrogens (tertiary/aromatic N) is 3. The number of ether oxygens (including phenoxy) is 1. The monoisotopic (exact) mass is 395 g/mol. The van der Waals surface area contributed by atoms with E-state index < -0.39 is 0 Å². The van der Waals surface area contributed by atoms with Gasteiger partial charge in [0.05, 0.1) is 11.5 Å². The van der Waals surface area contributed by atoms with Gasteiger partial charge in [-0.2, -0.15) is 0 Å². The minimum atomic E-state index is 0.146. The predicted octanol–water partition coefficient (Wildman–Crippen LogP) is 1.75. The van der Waals surface area contributed by atoms with Crippen molar-refractivity contribution in [2.45, 2.75) is 31.9 Å². The molecule has 1 N–H and O–H groups in total. The molecular weight excluding hydrogens is 362 g/mol. The van der Waals surface area contributed by atoms with E-state index >= 15 is 0 Å². The first-order valence-corrected chi connectivity index (χ1v) is 10.8. The number of thiophene rings is 1. The van der Waals surface area contributed by atoms with Gasteiger partial charge in [0.2, 0.25) is 0 Å². The normalized spacial score (nSPS) is 25.1. The van der Waals surface area contributed by atoms with Gasteiger partial charge >= 0.3 is 0 Å². The molecule has 1 amide bonds. The Labute approximate surface area is 166 Å². The lowest BCUT2D eigenvalue weighted by molar-refractivity contribution is 0.0220. The van der Waals surface area contributed by atoms with Gasteiger partial charge in [-0.15, -0.1) is 11.3 Å². The van der Waals surface area contributed by atoms with Crippen LogP contribution in [0, 0.1) is 5.92 Å². The number of piperazine rings is 1. The lowest BCUT2D eigenvalue weighted by Gasteiger charge is -2.46. The molecule has 0 bridgehead atoms. The number of carbonyl (C=O) groups is 1. The molecule has 1 aromatic rings. The highest BCUT2D eigenvalue weighted by Crippen LogP contribution is 2.29. The van der Waals surface area contributed by atoms with E-state index in [0.717, 1.165) is 68.3 Å². The number of carbonyl (C=O) groups excluding carboxylic acids is 1. The summed E-state index contributed by atoms with van der Waals surface area (Å²) in [6.45, 7) is 6.85. The van der Waals surface area contributed by atoms with Gasteiger partial charge < -0.3 is 19.6 Å². The van der Waals surface area contributed by atoms with Crippen LogP contribution >= 0.6 is 11.3 Å². The van der Waals surface area contributed by atoms with Crippen LogP contribution in [0.25, 0.3) is 0 Å². The van der Waals surface area contributed by atoms with E-state index in [1.165, 1.54) is 11.3 Å². The largest absolute Gasteiger partial charge is 0.396 e. The summed E-state index contributed by atoms with van der Waals surface area (Å²) >= 11 is 1.54. The van der Waals surface area contributed by atoms with Crippen LogP contribution in [0.2, 0.25) is 0 Å². The van der Waals surface area contributed by atoms with Crippen LogP contribution in [-0.4, -0.2) is 91.8 Å². The van der Waals surface area contributed by atoms with E-state index in [0.29, 0.717) is 18.6 Å². The zero-order valence-electron chi connectivity index (χ0n) is 16.6. The summed E-state index contributed by atoms with van der Waals surface area (Å²) in [5.74, 6) is 0.588. The zero-order valence-corrected chi connectivity index (χ0v) is 17.4. The summed E-state index contributed by atoms with van der Waals surface area (Å²) < 4.78 is 5.17. The molecular formula is C20H33N3O3S. The summed E-state index contributed by atoms with van der Waals surface area (Å²) in [4.78, 5) is 21.9. The van der Waals surface area contributed by atoms with Gasteiger partial charge in [-0.25, -0.2) is 0 Å². The third kappa shape index (κ3) is 5.29. The van der Waals surface area contributed by atoms with Crippen LogP contribution in [0.1, 0.15) is 33.8 Å². The Morgan fingerprint density at radius 1 is 1.26 bits per heavy atom. The van der Waals surface area contributed by atoms with Gasteiger partial charge in [-0.3, -0.25) is 9.69 Å². The topological polar surface area (TPSA) is 56.2 Å². The van der Waals surface area contributed by atoms with Gasteiger partial charge in [-0.05, 0) is 44.4 Å². The number of hydrogen-bond acceptors (Lipinski definition) is 6. The Morgan fingerprint density at radius 2 is 2.04 bits per heavy atom. The number of likely N-dealkylation sites (N-methyl/N-ethyl adjacent to an activating group) is 1. The number of piperidine rings is 1. The number of aliphatic hydroxyl groups excluding tert-OH is 1. The van der Waals surface area contributed by atoms with Crippen molar-refractivity contribution in [2.75, 3.05) is 60.0 Å². The van der Waals surface area contributed by atoms with Crippen LogP contribution in [0.5, 0.6) is 0 Å². The van der Waals surface area contributed by atoms with Crippen LogP contribution < -0.4 is 0 Å². The van der Waals surface area contributed by atoms with Crippen molar-refractivity contribution in [2.24, 2.45) is 5.92 Å². The number of rotatable bonds is 7. The maximum absolute atomic E-state index is 13.0. The van der Waals surface area contributed by atoms with E-state index in [4.69, 9.17) is 4.74 Å². The predicted molar refractivity (Wildman–Crippen MR) is 108 cm³/mol. The number of likely N-dealkylation sites (tertiary alicyclic amines) is 1. The van der Waals surface area contributed by atoms with Crippen LogP contribution in [0.3, 0.4) is 0 Å². The minimum absolute atomic E-state index is 0.146. The van der Waals surface area contributed by atoms with Gasteiger partial charge in [0.15, 0.2) is 0 Å². The Balaban J connectivity index is 1.64. The number of aliphatic hydroxyl groups is 1. The summed E-state index contributed by atoms with van der Waals surface area (Å²) in [6.07, 6.45) is 2.83. The van der Waals surface area contributed by atoms with Crippen molar-refractivity contribution in [1.29, 1.82) is 0 Å². The van der Waals surface area contributed by atoms with Gasteiger partial charge in [0.1, 0.15) is 0 Å². The molecule has 0 saturated carbocycles. The first-order valence-electron chi connectivity index (χ1n) is 10.0. The van der Waals surface area contributed by atoms with Crippen LogP contribution in [0.4, 0.5) is 0 Å². The zero-order chi connectivity index (χ0) is 19.2. The quantitative estimate of drug-likeness (QED) is 0.762. The number of methoxy groups -OCH3 is 1. The van der Waals surface area contributed by atoms with Crippen molar-refractivity contribution in [3.63, 3.8) is 0 Å². The Morgan fingerprint density at radius 3 is 2.74 bits per heavy atom. The standard InChI is InChI=1S/C20H33N3O3S/c1-21-9-11-22(12-10-21)18-7-8-23(14-16(18)4-3-13-24)20(25)19-6-5-17(27-19)15-26-2/h5-6,16,18,24H,3-4,7-15H2,1-2H3/t16-,18+/m1/s1. The lowest BCUT2D eigenvalue weighted by Crippen LogP contribution is -2.56. The molecule has 0 unspecified atom stereocenters. The Bertz CT molecular complexity index is 601. The third-order valence-corrected chi connectivity index (χ3v) is 6.93. The fraction of sp³-hybridized carbons (Fsp3) is 0.750. The average Bonchev–Trinajstić information content (AvgIpc) is 3.15. The molecule has 1 aromatic heterocycles. The second kappa shape index (κ2) is 9.98. The lowest BCUT2D eigenvalue weighted by atomic mass is 9.86. The van der Waals surface area contributed by atoms with Crippen LogP contribution in [-0.2, 0) is 11.3 Å². The number of hydrogen-bond donors (Lipinski definition) is 1. The average molecular weight is 396 g/mol. The number of amides is 1. The molecule has 2 fully saturated rings. The molecule has 6 nitrogen and oxygen atoms in total. The fourth-order valence-electron chi connectivity index (χ4n) is 4.34. The van der Waals surface area contributed by atoms with Crippen LogP contribution in [0.15, 0.2) is 12.1 Å². The van der Waals surface area contributed by atoms with E-state index in [2.05, 4.69) is 16.8 Å². The van der Waals surface area contributed by atoms with E-state index in [1.54, 1.807) is 7.11 Å². The molecule has 2 aliphatic rings. The summed E-state index contributed by atoms with van der Waals surface area (Å²) in [6, 6.07) is 4.44. The molecule has 0 spiro atoms. The summed E-state index contributed by atoms with van der Waals surface area (Å²) in [7, 11) is 3.86. The van der Waals surface area contributed by atoms with Gasteiger partial charge in [0.25, 0.3) is 5.91 Å². The summed E-state index contributed by atoms with van der Waals surface area (Å²) in [5.41, 5.74) is 0. The molecule has 2 aliphatic heterocycles. The first-order chi connectivity index (χ1) is 13.1. The second-order valence-corrected chi connectivity index (χ2v) is 8.94. The molecule has 0 aromatic carbocycles. The van der Waals surface area contributed by atoms with E-state index in [-0.39, 0.29) is 12.5 Å². The van der Waals surface area contributed by atoms with Gasteiger partial charge in [0, 0.05) is 63.9 Å². The Hall–Kier alpha value is -0.990. The highest BCUT2D eigenvalue weighted by molar-refractivity contribution is 7.14. The molecule has 3 rings (SSSR count). The Kier molecular flexibility index (Phi) is 7.66. The molecule has 2 saturated heterocycles. The van der Waals surface area contributed by atoms with Crippen molar-refractivity contribution in [1.82, 2.24) is 14.7 Å². The molecule has 2 atom stereocenters. The molecule has 0 aliphatic carbocycles. The highest BCUT2D eigenvalue weighted by atomic mass is 32.1. The second-order valence-electron chi connectivity index (χ2n) is 7.77. The first kappa shape index (κ1) is 20.7.